The Labute approximate surface area is 136 Å². The van der Waals surface area contributed by atoms with E-state index in [0.717, 1.165) is 5.56 Å². The third-order valence-electron chi connectivity index (χ3n) is 5.20. The summed E-state index contributed by atoms with van der Waals surface area (Å²) >= 11 is 0. The Morgan fingerprint density at radius 1 is 1.43 bits per heavy atom. The minimum atomic E-state index is -0.808. The van der Waals surface area contributed by atoms with Gasteiger partial charge in [-0.25, -0.2) is 0 Å². The molecule has 0 aliphatic carbocycles. The van der Waals surface area contributed by atoms with Gasteiger partial charge in [-0.15, -0.1) is 0 Å². The first kappa shape index (κ1) is 16.0. The summed E-state index contributed by atoms with van der Waals surface area (Å²) in [4.78, 5) is 26.0. The van der Waals surface area contributed by atoms with Crippen molar-refractivity contribution in [2.45, 2.75) is 26.2 Å². The molecule has 0 radical (unpaired) electrons. The van der Waals surface area contributed by atoms with Crippen LogP contribution < -0.4 is 0 Å². The molecule has 23 heavy (non-hydrogen) atoms. The van der Waals surface area contributed by atoms with E-state index in [-0.39, 0.29) is 11.8 Å². The second-order valence-corrected chi connectivity index (χ2v) is 6.75. The molecule has 0 unspecified atom stereocenters. The zero-order chi connectivity index (χ0) is 16.4. The fourth-order valence-corrected chi connectivity index (χ4v) is 3.77. The summed E-state index contributed by atoms with van der Waals surface area (Å²) in [5.74, 6) is -0.835. The fraction of sp³-hybridized carbons (Fsp3) is 0.556. The quantitative estimate of drug-likeness (QED) is 0.921. The predicted molar refractivity (Wildman–Crippen MR) is 85.1 cm³/mol. The third-order valence-corrected chi connectivity index (χ3v) is 5.20. The highest BCUT2D eigenvalue weighted by Crippen LogP contribution is 2.42. The molecule has 0 spiro atoms. The summed E-state index contributed by atoms with van der Waals surface area (Å²) in [7, 11) is 0. The average molecular weight is 317 g/mol. The van der Waals surface area contributed by atoms with E-state index in [4.69, 9.17) is 4.74 Å². The molecule has 0 bridgehead atoms. The van der Waals surface area contributed by atoms with Crippen molar-refractivity contribution in [3.05, 3.63) is 35.4 Å². The first-order valence-corrected chi connectivity index (χ1v) is 8.16. The van der Waals surface area contributed by atoms with Crippen LogP contribution >= 0.6 is 0 Å². The molecule has 2 atom stereocenters. The molecule has 1 aromatic rings. The number of likely N-dealkylation sites (tertiary alicyclic amines) is 1. The highest BCUT2D eigenvalue weighted by atomic mass is 16.5. The van der Waals surface area contributed by atoms with Crippen LogP contribution in [0.1, 0.15) is 24.0 Å². The number of aliphatic carboxylic acids is 1. The number of aryl methyl sites for hydroxylation is 2. The van der Waals surface area contributed by atoms with Gasteiger partial charge in [-0.1, -0.05) is 29.8 Å². The number of benzene rings is 1. The minimum Gasteiger partial charge on any atom is -0.481 e. The van der Waals surface area contributed by atoms with Crippen molar-refractivity contribution in [2.75, 3.05) is 26.3 Å². The van der Waals surface area contributed by atoms with E-state index in [2.05, 4.69) is 6.07 Å². The lowest BCUT2D eigenvalue weighted by molar-refractivity contribution is -0.157. The zero-order valence-electron chi connectivity index (χ0n) is 13.5. The molecule has 0 aromatic heterocycles. The Kier molecular flexibility index (Phi) is 4.39. The Balaban J connectivity index is 1.63. The van der Waals surface area contributed by atoms with Crippen LogP contribution in [0, 0.1) is 18.3 Å². The summed E-state index contributed by atoms with van der Waals surface area (Å²) in [5.41, 5.74) is 1.52. The average Bonchev–Trinajstić information content (AvgIpc) is 2.94. The third kappa shape index (κ3) is 3.11. The van der Waals surface area contributed by atoms with Crippen LogP contribution in [0.2, 0.25) is 0 Å². The monoisotopic (exact) mass is 317 g/mol. The molecule has 1 N–H and O–H groups in total. The first-order valence-electron chi connectivity index (χ1n) is 8.16. The van der Waals surface area contributed by atoms with Crippen LogP contribution in [0.5, 0.6) is 0 Å². The summed E-state index contributed by atoms with van der Waals surface area (Å²) < 4.78 is 5.43. The van der Waals surface area contributed by atoms with Gasteiger partial charge < -0.3 is 14.7 Å². The molecule has 2 fully saturated rings. The predicted octanol–water partition coefficient (Wildman–Crippen LogP) is 1.88. The van der Waals surface area contributed by atoms with Gasteiger partial charge in [0.1, 0.15) is 0 Å². The summed E-state index contributed by atoms with van der Waals surface area (Å²) in [6, 6.07) is 8.14. The molecule has 0 saturated carbocycles. The van der Waals surface area contributed by atoms with E-state index >= 15 is 0 Å². The topological polar surface area (TPSA) is 66.8 Å². The number of fused-ring (bicyclic) bond motifs is 1. The molecule has 3 rings (SSSR count). The zero-order valence-corrected chi connectivity index (χ0v) is 13.5. The molecule has 2 aliphatic heterocycles. The lowest BCUT2D eigenvalue weighted by Gasteiger charge is -2.33. The van der Waals surface area contributed by atoms with E-state index < -0.39 is 11.4 Å². The van der Waals surface area contributed by atoms with Crippen LogP contribution in [0.25, 0.3) is 0 Å². The van der Waals surface area contributed by atoms with Crippen molar-refractivity contribution >= 4 is 11.9 Å². The molecule has 124 valence electrons. The standard InChI is InChI=1S/C18H23NO4/c1-13-3-2-4-14(9-13)5-6-16(20)19-10-15-11-23-8-7-18(15,12-19)17(21)22/h2-4,9,15H,5-8,10-12H2,1H3,(H,21,22)/t15-,18+/m0/s1. The number of nitrogens with zero attached hydrogens (tertiary/aromatic N) is 1. The first-order chi connectivity index (χ1) is 11.0. The van der Waals surface area contributed by atoms with E-state index in [0.29, 0.717) is 45.6 Å². The Hall–Kier alpha value is -1.88. The van der Waals surface area contributed by atoms with Crippen molar-refractivity contribution in [1.29, 1.82) is 0 Å². The number of carboxylic acids is 1. The molecule has 2 heterocycles. The van der Waals surface area contributed by atoms with Gasteiger partial charge in [0.2, 0.25) is 5.91 Å². The van der Waals surface area contributed by atoms with Crippen LogP contribution in [-0.4, -0.2) is 48.2 Å². The smallest absolute Gasteiger partial charge is 0.311 e. The maximum Gasteiger partial charge on any atom is 0.311 e. The minimum absolute atomic E-state index is 0.0431. The molecular weight excluding hydrogens is 294 g/mol. The maximum absolute atomic E-state index is 12.5. The maximum atomic E-state index is 12.5. The lowest BCUT2D eigenvalue weighted by atomic mass is 9.74. The van der Waals surface area contributed by atoms with Crippen molar-refractivity contribution in [1.82, 2.24) is 4.90 Å². The Morgan fingerprint density at radius 2 is 2.26 bits per heavy atom. The molecule has 5 nitrogen and oxygen atoms in total. The number of carboxylic acid groups (broad SMARTS) is 1. The van der Waals surface area contributed by atoms with Gasteiger partial charge in [0, 0.05) is 32.0 Å². The van der Waals surface area contributed by atoms with Gasteiger partial charge in [0.05, 0.1) is 12.0 Å². The SMILES string of the molecule is Cc1cccc(CCC(=O)N2C[C@H]3COCC[C@@]3(C(=O)O)C2)c1. The summed E-state index contributed by atoms with van der Waals surface area (Å²) in [6.45, 7) is 3.76. The van der Waals surface area contributed by atoms with Crippen LogP contribution in [0.3, 0.4) is 0 Å². The van der Waals surface area contributed by atoms with Crippen molar-refractivity contribution < 1.29 is 19.4 Å². The summed E-state index contributed by atoms with van der Waals surface area (Å²) in [6.07, 6.45) is 1.61. The molecule has 5 heteroatoms. The second kappa shape index (κ2) is 6.32. The van der Waals surface area contributed by atoms with Gasteiger partial charge in [-0.05, 0) is 25.3 Å². The van der Waals surface area contributed by atoms with Crippen LogP contribution in [-0.2, 0) is 20.7 Å². The number of carbonyl (C=O) groups excluding carboxylic acids is 1. The highest BCUT2D eigenvalue weighted by molar-refractivity contribution is 5.81. The van der Waals surface area contributed by atoms with E-state index in [1.54, 1.807) is 4.90 Å². The van der Waals surface area contributed by atoms with E-state index in [9.17, 15) is 14.7 Å². The van der Waals surface area contributed by atoms with Crippen molar-refractivity contribution in [3.63, 3.8) is 0 Å². The molecule has 1 aromatic carbocycles. The number of amides is 1. The number of hydrogen-bond acceptors (Lipinski definition) is 3. The second-order valence-electron chi connectivity index (χ2n) is 6.75. The number of hydrogen-bond donors (Lipinski definition) is 1. The molecule has 2 aliphatic rings. The van der Waals surface area contributed by atoms with Gasteiger partial charge in [-0.3, -0.25) is 9.59 Å². The molecule has 2 saturated heterocycles. The number of rotatable bonds is 4. The van der Waals surface area contributed by atoms with Gasteiger partial charge in [0.25, 0.3) is 0 Å². The largest absolute Gasteiger partial charge is 0.481 e. The van der Waals surface area contributed by atoms with Gasteiger partial charge in [-0.2, -0.15) is 0 Å². The number of ether oxygens (including phenoxy) is 1. The molecular formula is C18H23NO4. The Morgan fingerprint density at radius 3 is 2.96 bits per heavy atom. The molecule has 1 amide bonds. The lowest BCUT2D eigenvalue weighted by Crippen LogP contribution is -2.45. The van der Waals surface area contributed by atoms with Crippen LogP contribution in [0.15, 0.2) is 24.3 Å². The van der Waals surface area contributed by atoms with Crippen molar-refractivity contribution in [2.24, 2.45) is 11.3 Å². The highest BCUT2D eigenvalue weighted by Gasteiger charge is 2.54. The normalized spacial score (nSPS) is 26.8. The van der Waals surface area contributed by atoms with Crippen LogP contribution in [0.4, 0.5) is 0 Å². The summed E-state index contributed by atoms with van der Waals surface area (Å²) in [5, 5.41) is 9.64. The van der Waals surface area contributed by atoms with E-state index in [1.807, 2.05) is 25.1 Å². The van der Waals surface area contributed by atoms with Gasteiger partial charge in [0.15, 0.2) is 0 Å². The Bertz CT molecular complexity index is 615. The van der Waals surface area contributed by atoms with Crippen molar-refractivity contribution in [3.8, 4) is 0 Å². The van der Waals surface area contributed by atoms with Gasteiger partial charge >= 0.3 is 5.97 Å². The van der Waals surface area contributed by atoms with E-state index in [1.165, 1.54) is 5.56 Å². The fourth-order valence-electron chi connectivity index (χ4n) is 3.77. The number of carbonyl (C=O) groups is 2.